The summed E-state index contributed by atoms with van der Waals surface area (Å²) in [5, 5.41) is 33.8. The Morgan fingerprint density at radius 3 is 2.79 bits per heavy atom. The summed E-state index contributed by atoms with van der Waals surface area (Å²) in [5.74, 6) is -0.856. The van der Waals surface area contributed by atoms with Crippen LogP contribution in [0.15, 0.2) is 12.7 Å². The molecule has 13 heteroatoms. The van der Waals surface area contributed by atoms with Crippen molar-refractivity contribution in [3.05, 3.63) is 12.7 Å². The van der Waals surface area contributed by atoms with E-state index in [9.17, 15) is 15.0 Å². The summed E-state index contributed by atoms with van der Waals surface area (Å²) in [4.78, 5) is 23.4. The maximum Gasteiger partial charge on any atom is 0.320 e. The van der Waals surface area contributed by atoms with Crippen molar-refractivity contribution in [3.63, 3.8) is 0 Å². The predicted octanol–water partition coefficient (Wildman–Crippen LogP) is -1.01. The topological polar surface area (TPSA) is 204 Å². The van der Waals surface area contributed by atoms with Crippen LogP contribution in [0.5, 0.6) is 0 Å². The van der Waals surface area contributed by atoms with Gasteiger partial charge < -0.3 is 41.6 Å². The zero-order valence-corrected chi connectivity index (χ0v) is 18.6. The molecule has 1 saturated heterocycles. The SMILES string of the molecule is COCCCCN[C@@H](CC[C@H](N)C(=O)O)C[C@H]1O[C@@H](n2cnc3c(N)ncnc32)[C@@H](O)C1O. The zero-order chi connectivity index (χ0) is 24.0. The fourth-order valence-electron chi connectivity index (χ4n) is 3.98. The van der Waals surface area contributed by atoms with E-state index in [1.807, 2.05) is 0 Å². The van der Waals surface area contributed by atoms with Crippen LogP contribution in [-0.2, 0) is 14.3 Å². The van der Waals surface area contributed by atoms with Crippen LogP contribution in [-0.4, -0.2) is 91.5 Å². The van der Waals surface area contributed by atoms with Crippen molar-refractivity contribution in [2.24, 2.45) is 5.73 Å². The number of aliphatic hydroxyl groups is 2. The van der Waals surface area contributed by atoms with Crippen molar-refractivity contribution < 1.29 is 29.6 Å². The quantitative estimate of drug-likeness (QED) is 0.196. The number of carboxylic acids is 1. The van der Waals surface area contributed by atoms with Crippen LogP contribution in [0.25, 0.3) is 11.2 Å². The number of ether oxygens (including phenoxy) is 2. The van der Waals surface area contributed by atoms with E-state index >= 15 is 0 Å². The highest BCUT2D eigenvalue weighted by Gasteiger charge is 2.45. The Morgan fingerprint density at radius 2 is 2.06 bits per heavy atom. The van der Waals surface area contributed by atoms with Crippen molar-refractivity contribution in [2.75, 3.05) is 26.0 Å². The number of methoxy groups -OCH3 is 1. The molecule has 0 aliphatic carbocycles. The van der Waals surface area contributed by atoms with Gasteiger partial charge in [-0.3, -0.25) is 9.36 Å². The molecule has 33 heavy (non-hydrogen) atoms. The first kappa shape index (κ1) is 25.2. The number of aliphatic carboxylic acids is 1. The minimum Gasteiger partial charge on any atom is -0.480 e. The number of hydrogen-bond acceptors (Lipinski definition) is 11. The summed E-state index contributed by atoms with van der Waals surface area (Å²) >= 11 is 0. The molecular weight excluding hydrogens is 434 g/mol. The van der Waals surface area contributed by atoms with Gasteiger partial charge in [0, 0.05) is 19.8 Å². The molecule has 0 radical (unpaired) electrons. The molecule has 2 aromatic rings. The van der Waals surface area contributed by atoms with Crippen LogP contribution >= 0.6 is 0 Å². The lowest BCUT2D eigenvalue weighted by Gasteiger charge is -2.24. The van der Waals surface area contributed by atoms with E-state index in [0.717, 1.165) is 12.8 Å². The van der Waals surface area contributed by atoms with Crippen LogP contribution < -0.4 is 16.8 Å². The van der Waals surface area contributed by atoms with Crippen LogP contribution in [0.3, 0.4) is 0 Å². The van der Waals surface area contributed by atoms with E-state index in [4.69, 9.17) is 26.0 Å². The highest BCUT2D eigenvalue weighted by atomic mass is 16.6. The number of unbranched alkanes of at least 4 members (excludes halogenated alkanes) is 1. The molecule has 1 fully saturated rings. The number of aromatic nitrogens is 4. The Balaban J connectivity index is 1.67. The third-order valence-electron chi connectivity index (χ3n) is 5.87. The monoisotopic (exact) mass is 467 g/mol. The normalized spacial score (nSPS) is 24.8. The molecule has 8 N–H and O–H groups in total. The molecule has 0 spiro atoms. The molecule has 0 bridgehead atoms. The molecule has 0 amide bonds. The number of nitrogens with zero attached hydrogens (tertiary/aromatic N) is 4. The minimum atomic E-state index is -1.22. The zero-order valence-electron chi connectivity index (χ0n) is 18.6. The Bertz CT molecular complexity index is 912. The van der Waals surface area contributed by atoms with E-state index in [1.165, 1.54) is 17.2 Å². The number of carbonyl (C=O) groups is 1. The van der Waals surface area contributed by atoms with Gasteiger partial charge in [0.2, 0.25) is 0 Å². The molecule has 0 saturated carbocycles. The maximum atomic E-state index is 11.1. The lowest BCUT2D eigenvalue weighted by Crippen LogP contribution is -2.40. The smallest absolute Gasteiger partial charge is 0.320 e. The second-order valence-electron chi connectivity index (χ2n) is 8.24. The molecule has 3 heterocycles. The number of imidazole rings is 1. The van der Waals surface area contributed by atoms with Crippen molar-refractivity contribution in [1.29, 1.82) is 0 Å². The number of nitrogens with two attached hydrogens (primary N) is 2. The van der Waals surface area contributed by atoms with E-state index < -0.39 is 36.6 Å². The first-order valence-electron chi connectivity index (χ1n) is 11.0. The number of nitrogen functional groups attached to an aromatic ring is 1. The molecule has 0 aromatic carbocycles. The van der Waals surface area contributed by atoms with Gasteiger partial charge in [-0.15, -0.1) is 0 Å². The molecule has 3 rings (SSSR count). The minimum absolute atomic E-state index is 0.166. The third-order valence-corrected chi connectivity index (χ3v) is 5.87. The van der Waals surface area contributed by atoms with E-state index in [1.54, 1.807) is 7.11 Å². The number of anilines is 1. The van der Waals surface area contributed by atoms with Gasteiger partial charge in [0.05, 0.1) is 12.4 Å². The van der Waals surface area contributed by atoms with Crippen LogP contribution in [0.2, 0.25) is 0 Å². The maximum absolute atomic E-state index is 11.1. The van der Waals surface area contributed by atoms with Gasteiger partial charge in [0.25, 0.3) is 0 Å². The molecule has 13 nitrogen and oxygen atoms in total. The summed E-state index contributed by atoms with van der Waals surface area (Å²) < 4.78 is 12.6. The van der Waals surface area contributed by atoms with Gasteiger partial charge in [-0.2, -0.15) is 0 Å². The number of rotatable bonds is 13. The number of hydrogen-bond donors (Lipinski definition) is 6. The van der Waals surface area contributed by atoms with Crippen LogP contribution in [0.4, 0.5) is 5.82 Å². The number of carboxylic acid groups (broad SMARTS) is 1. The molecule has 1 unspecified atom stereocenters. The summed E-state index contributed by atoms with van der Waals surface area (Å²) in [6, 6.07) is -1.14. The average Bonchev–Trinajstić information content (AvgIpc) is 3.34. The predicted molar refractivity (Wildman–Crippen MR) is 118 cm³/mol. The molecule has 2 aromatic heterocycles. The molecule has 1 aliphatic heterocycles. The Kier molecular flexibility index (Phi) is 8.88. The summed E-state index contributed by atoms with van der Waals surface area (Å²) in [6.07, 6.45) is 1.61. The van der Waals surface area contributed by atoms with Crippen molar-refractivity contribution in [3.8, 4) is 0 Å². The Hall–Kier alpha value is -2.42. The van der Waals surface area contributed by atoms with Crippen LogP contribution in [0, 0.1) is 0 Å². The number of nitrogens with one attached hydrogen (secondary N) is 1. The highest BCUT2D eigenvalue weighted by Crippen LogP contribution is 2.34. The molecule has 6 atom stereocenters. The van der Waals surface area contributed by atoms with Gasteiger partial charge >= 0.3 is 5.97 Å². The first-order valence-corrected chi connectivity index (χ1v) is 11.0. The third kappa shape index (κ3) is 6.13. The number of aliphatic hydroxyl groups excluding tert-OH is 2. The lowest BCUT2D eigenvalue weighted by atomic mass is 9.97. The first-order chi connectivity index (χ1) is 15.8. The lowest BCUT2D eigenvalue weighted by molar-refractivity contribution is -0.138. The highest BCUT2D eigenvalue weighted by molar-refractivity contribution is 5.81. The van der Waals surface area contributed by atoms with Crippen LogP contribution in [0.1, 0.15) is 38.3 Å². The molecule has 184 valence electrons. The second-order valence-corrected chi connectivity index (χ2v) is 8.24. The average molecular weight is 468 g/mol. The van der Waals surface area contributed by atoms with E-state index in [0.29, 0.717) is 37.2 Å². The van der Waals surface area contributed by atoms with Gasteiger partial charge in [0.1, 0.15) is 30.1 Å². The van der Waals surface area contributed by atoms with Gasteiger partial charge in [-0.05, 0) is 38.6 Å². The van der Waals surface area contributed by atoms with Gasteiger partial charge in [-0.25, -0.2) is 15.0 Å². The standard InChI is InChI=1S/C20H33N7O6/c1-32-7-3-2-6-23-11(4-5-12(21)20(30)31)8-13-15(28)16(29)19(33-13)27-10-26-14-17(22)24-9-25-18(14)27/h9-13,15-16,19,23,28-29H,2-8,21H2,1H3,(H,30,31)(H2,22,24,25)/t11-,12-,13+,15?,16-,19+/m0/s1. The van der Waals surface area contributed by atoms with Crippen molar-refractivity contribution >= 4 is 23.0 Å². The molecular formula is C20H33N7O6. The van der Waals surface area contributed by atoms with E-state index in [-0.39, 0.29) is 18.3 Å². The summed E-state index contributed by atoms with van der Waals surface area (Å²) in [6.45, 7) is 1.34. The van der Waals surface area contributed by atoms with E-state index in [2.05, 4.69) is 20.3 Å². The summed E-state index contributed by atoms with van der Waals surface area (Å²) in [5.41, 5.74) is 12.3. The fourth-order valence-corrected chi connectivity index (χ4v) is 3.98. The van der Waals surface area contributed by atoms with Crippen molar-refractivity contribution in [2.45, 2.75) is 68.7 Å². The number of fused-ring (bicyclic) bond motifs is 1. The van der Waals surface area contributed by atoms with Gasteiger partial charge in [-0.1, -0.05) is 0 Å². The Labute approximate surface area is 191 Å². The molecule has 1 aliphatic rings. The van der Waals surface area contributed by atoms with Gasteiger partial charge in [0.15, 0.2) is 17.7 Å². The largest absolute Gasteiger partial charge is 0.480 e. The second kappa shape index (κ2) is 11.6. The fraction of sp³-hybridized carbons (Fsp3) is 0.700. The Morgan fingerprint density at radius 1 is 1.27 bits per heavy atom. The van der Waals surface area contributed by atoms with Crippen molar-refractivity contribution in [1.82, 2.24) is 24.8 Å². The summed E-state index contributed by atoms with van der Waals surface area (Å²) in [7, 11) is 1.65.